The molecule has 3 unspecified atom stereocenters. The minimum atomic E-state index is -1.12. The lowest BCUT2D eigenvalue weighted by molar-refractivity contribution is -0.145. The first-order valence-corrected chi connectivity index (χ1v) is 11.5. The number of carbonyl (C=O) groups is 3. The van der Waals surface area contributed by atoms with Gasteiger partial charge in [0.15, 0.2) is 0 Å². The Balaban J connectivity index is 1.41. The Bertz CT molecular complexity index is 1050. The molecule has 0 radical (unpaired) electrons. The molecule has 0 saturated carbocycles. The van der Waals surface area contributed by atoms with Crippen LogP contribution in [0.25, 0.3) is 11.1 Å². The first-order chi connectivity index (χ1) is 16.2. The summed E-state index contributed by atoms with van der Waals surface area (Å²) in [7, 11) is 0. The summed E-state index contributed by atoms with van der Waals surface area (Å²) in [6.45, 7) is 5.46. The van der Waals surface area contributed by atoms with E-state index in [9.17, 15) is 19.5 Å². The first kappa shape index (κ1) is 23.8. The summed E-state index contributed by atoms with van der Waals surface area (Å²) in [5.41, 5.74) is 3.38. The van der Waals surface area contributed by atoms with Crippen molar-refractivity contribution in [3.05, 3.63) is 59.7 Å². The zero-order valence-electron chi connectivity index (χ0n) is 19.5. The fourth-order valence-corrected chi connectivity index (χ4v) is 4.70. The van der Waals surface area contributed by atoms with Crippen molar-refractivity contribution in [1.82, 2.24) is 10.6 Å². The number of hydrogen-bond donors (Lipinski definition) is 3. The Morgan fingerprint density at radius 1 is 1.09 bits per heavy atom. The molecule has 0 bridgehead atoms. The van der Waals surface area contributed by atoms with Crippen molar-refractivity contribution >= 4 is 18.0 Å². The van der Waals surface area contributed by atoms with Gasteiger partial charge in [-0.15, -0.1) is 0 Å². The highest BCUT2D eigenvalue weighted by molar-refractivity contribution is 5.89. The van der Waals surface area contributed by atoms with E-state index in [1.165, 1.54) is 0 Å². The number of hydrogen-bond acceptors (Lipinski definition) is 5. The number of amides is 2. The third-order valence-electron chi connectivity index (χ3n) is 6.83. The van der Waals surface area contributed by atoms with Crippen molar-refractivity contribution in [2.75, 3.05) is 19.8 Å². The lowest BCUT2D eigenvalue weighted by atomic mass is 9.83. The summed E-state index contributed by atoms with van der Waals surface area (Å²) in [6.07, 6.45) is -0.643. The number of nitrogens with one attached hydrogen (secondary N) is 2. The first-order valence-electron chi connectivity index (χ1n) is 11.5. The third kappa shape index (κ3) is 4.37. The van der Waals surface area contributed by atoms with Gasteiger partial charge in [0.05, 0.1) is 24.7 Å². The summed E-state index contributed by atoms with van der Waals surface area (Å²) < 4.78 is 11.1. The van der Waals surface area contributed by atoms with Gasteiger partial charge in [-0.25, -0.2) is 9.59 Å². The van der Waals surface area contributed by atoms with E-state index in [0.29, 0.717) is 0 Å². The van der Waals surface area contributed by atoms with Crippen LogP contribution in [-0.4, -0.2) is 55.0 Å². The Morgan fingerprint density at radius 3 is 2.24 bits per heavy atom. The molecule has 1 fully saturated rings. The smallest absolute Gasteiger partial charge is 0.407 e. The minimum Gasteiger partial charge on any atom is -0.480 e. The normalized spacial score (nSPS) is 22.1. The van der Waals surface area contributed by atoms with Gasteiger partial charge < -0.3 is 25.2 Å². The molecule has 2 aromatic rings. The number of carbonyl (C=O) groups excluding carboxylic acids is 2. The van der Waals surface area contributed by atoms with Crippen LogP contribution in [0.5, 0.6) is 0 Å². The summed E-state index contributed by atoms with van der Waals surface area (Å²) >= 11 is 0. The van der Waals surface area contributed by atoms with Gasteiger partial charge in [-0.3, -0.25) is 4.79 Å². The molecule has 0 aromatic heterocycles. The molecule has 1 aliphatic heterocycles. The minimum absolute atomic E-state index is 0.0671. The van der Waals surface area contributed by atoms with Crippen LogP contribution in [-0.2, 0) is 19.1 Å². The van der Waals surface area contributed by atoms with Crippen LogP contribution in [0.4, 0.5) is 4.79 Å². The molecular weight excluding hydrogens is 436 g/mol. The zero-order valence-corrected chi connectivity index (χ0v) is 19.5. The highest BCUT2D eigenvalue weighted by Gasteiger charge is 2.48. The highest BCUT2D eigenvalue weighted by atomic mass is 16.5. The lowest BCUT2D eigenvalue weighted by Crippen LogP contribution is -2.57. The molecule has 4 rings (SSSR count). The summed E-state index contributed by atoms with van der Waals surface area (Å²) in [6, 6.07) is 14.5. The Labute approximate surface area is 198 Å². The van der Waals surface area contributed by atoms with Crippen molar-refractivity contribution in [1.29, 1.82) is 0 Å². The molecule has 34 heavy (non-hydrogen) atoms. The van der Waals surface area contributed by atoms with E-state index >= 15 is 0 Å². The Hall–Kier alpha value is -3.39. The maximum atomic E-state index is 13.0. The van der Waals surface area contributed by atoms with E-state index in [1.807, 2.05) is 36.4 Å². The van der Waals surface area contributed by atoms with Crippen LogP contribution in [0.1, 0.15) is 37.8 Å². The summed E-state index contributed by atoms with van der Waals surface area (Å²) in [4.78, 5) is 37.2. The molecule has 1 saturated heterocycles. The van der Waals surface area contributed by atoms with E-state index in [1.54, 1.807) is 20.8 Å². The molecule has 180 valence electrons. The third-order valence-corrected chi connectivity index (χ3v) is 6.83. The molecule has 2 amide bonds. The number of carboxylic acids is 1. The van der Waals surface area contributed by atoms with Gasteiger partial charge in [-0.05, 0) is 35.1 Å². The topological polar surface area (TPSA) is 114 Å². The predicted octanol–water partition coefficient (Wildman–Crippen LogP) is 3.16. The average molecular weight is 467 g/mol. The SMILES string of the molecule is CC(C)C(NC(=O)C1(C)COCC1NC(=O)OCC1c2ccccc2-c2ccccc21)C(=O)O. The quantitative estimate of drug-likeness (QED) is 0.578. The van der Waals surface area contributed by atoms with Crippen molar-refractivity contribution in [3.63, 3.8) is 0 Å². The molecule has 2 aromatic carbocycles. The molecular formula is C26H30N2O6. The summed E-state index contributed by atoms with van der Waals surface area (Å²) in [5, 5.41) is 14.8. The highest BCUT2D eigenvalue weighted by Crippen LogP contribution is 2.44. The number of aliphatic carboxylic acids is 1. The van der Waals surface area contributed by atoms with Gasteiger partial charge in [0.25, 0.3) is 0 Å². The lowest BCUT2D eigenvalue weighted by Gasteiger charge is -2.30. The largest absolute Gasteiger partial charge is 0.480 e. The monoisotopic (exact) mass is 466 g/mol. The molecule has 8 nitrogen and oxygen atoms in total. The number of benzene rings is 2. The molecule has 3 N–H and O–H groups in total. The fraction of sp³-hybridized carbons (Fsp3) is 0.423. The number of carboxylic acid groups (broad SMARTS) is 1. The van der Waals surface area contributed by atoms with Crippen LogP contribution in [0.2, 0.25) is 0 Å². The second kappa shape index (κ2) is 9.46. The summed E-state index contributed by atoms with van der Waals surface area (Å²) in [5.74, 6) is -1.95. The number of fused-ring (bicyclic) bond motifs is 3. The van der Waals surface area contributed by atoms with Gasteiger partial charge in [0.1, 0.15) is 12.6 Å². The van der Waals surface area contributed by atoms with Gasteiger partial charge in [0.2, 0.25) is 5.91 Å². The van der Waals surface area contributed by atoms with Gasteiger partial charge in [0, 0.05) is 5.92 Å². The second-order valence-electron chi connectivity index (χ2n) is 9.49. The molecule has 0 spiro atoms. The van der Waals surface area contributed by atoms with E-state index < -0.39 is 35.5 Å². The van der Waals surface area contributed by atoms with Crippen LogP contribution in [0, 0.1) is 11.3 Å². The number of ether oxygens (including phenoxy) is 2. The zero-order chi connectivity index (χ0) is 24.5. The van der Waals surface area contributed by atoms with Crippen molar-refractivity contribution < 1.29 is 29.0 Å². The fourth-order valence-electron chi connectivity index (χ4n) is 4.70. The van der Waals surface area contributed by atoms with Gasteiger partial charge >= 0.3 is 12.1 Å². The maximum Gasteiger partial charge on any atom is 0.407 e. The van der Waals surface area contributed by atoms with E-state index in [-0.39, 0.29) is 31.7 Å². The standard InChI is InChI=1S/C26H30N2O6/c1-15(2)22(23(29)30)28-24(31)26(3)14-33-13-21(26)27-25(32)34-12-20-18-10-6-4-8-16(18)17-9-5-7-11-19(17)20/h4-11,15,20-22H,12-14H2,1-3H3,(H,27,32)(H,28,31)(H,29,30). The molecule has 1 aliphatic carbocycles. The van der Waals surface area contributed by atoms with E-state index in [0.717, 1.165) is 22.3 Å². The van der Waals surface area contributed by atoms with Gasteiger partial charge in [-0.1, -0.05) is 62.4 Å². The number of rotatable bonds is 7. The maximum absolute atomic E-state index is 13.0. The molecule has 1 heterocycles. The number of alkyl carbamates (subject to hydrolysis) is 1. The van der Waals surface area contributed by atoms with Crippen molar-refractivity contribution in [2.45, 2.75) is 38.8 Å². The van der Waals surface area contributed by atoms with Crippen LogP contribution in [0.3, 0.4) is 0 Å². The molecule has 2 aliphatic rings. The predicted molar refractivity (Wildman–Crippen MR) is 125 cm³/mol. The van der Waals surface area contributed by atoms with Crippen LogP contribution >= 0.6 is 0 Å². The second-order valence-corrected chi connectivity index (χ2v) is 9.49. The van der Waals surface area contributed by atoms with E-state index in [4.69, 9.17) is 9.47 Å². The van der Waals surface area contributed by atoms with Crippen molar-refractivity contribution in [3.8, 4) is 11.1 Å². The average Bonchev–Trinajstić information content (AvgIpc) is 3.34. The van der Waals surface area contributed by atoms with E-state index in [2.05, 4.69) is 22.8 Å². The Morgan fingerprint density at radius 2 is 1.68 bits per heavy atom. The Kier molecular flexibility index (Phi) is 6.61. The molecule has 8 heteroatoms. The van der Waals surface area contributed by atoms with Crippen LogP contribution < -0.4 is 10.6 Å². The van der Waals surface area contributed by atoms with Crippen LogP contribution in [0.15, 0.2) is 48.5 Å². The van der Waals surface area contributed by atoms with Crippen molar-refractivity contribution in [2.24, 2.45) is 11.3 Å². The van der Waals surface area contributed by atoms with Gasteiger partial charge in [-0.2, -0.15) is 0 Å². The molecule has 3 atom stereocenters.